The van der Waals surface area contributed by atoms with Crippen LogP contribution in [0.2, 0.25) is 0 Å². The van der Waals surface area contributed by atoms with E-state index in [1.165, 1.54) is 19.2 Å². The van der Waals surface area contributed by atoms with Crippen molar-refractivity contribution in [2.75, 3.05) is 7.11 Å². The van der Waals surface area contributed by atoms with Gasteiger partial charge in [-0.2, -0.15) is 0 Å². The molecule has 3 N–H and O–H groups in total. The molecule has 1 rings (SSSR count). The molecule has 0 bridgehead atoms. The van der Waals surface area contributed by atoms with E-state index >= 15 is 0 Å². The van der Waals surface area contributed by atoms with Crippen molar-refractivity contribution < 1.29 is 24.2 Å². The van der Waals surface area contributed by atoms with E-state index < -0.39 is 18.0 Å². The molecule has 0 aliphatic heterocycles. The highest BCUT2D eigenvalue weighted by Gasteiger charge is 2.21. The molecule has 19 heavy (non-hydrogen) atoms. The first kappa shape index (κ1) is 15.3. The molecule has 0 spiro atoms. The minimum absolute atomic E-state index is 0.0446. The minimum atomic E-state index is -1.09. The fourth-order valence-corrected chi connectivity index (χ4v) is 1.98. The highest BCUT2D eigenvalue weighted by atomic mass is 79.9. The number of amides is 1. The molecule has 6 nitrogen and oxygen atoms in total. The van der Waals surface area contributed by atoms with Crippen LogP contribution in [0.4, 0.5) is 0 Å². The first-order valence-corrected chi connectivity index (χ1v) is 6.26. The largest absolute Gasteiger partial charge is 0.493 e. The quantitative estimate of drug-likeness (QED) is 0.828. The number of carboxylic acid groups (broad SMARTS) is 1. The Hall–Kier alpha value is -1.76. The molecule has 7 heteroatoms. The Balaban J connectivity index is 3.20. The van der Waals surface area contributed by atoms with Crippen LogP contribution in [0.5, 0.6) is 11.5 Å². The van der Waals surface area contributed by atoms with Gasteiger partial charge in [0.15, 0.2) is 17.6 Å². The van der Waals surface area contributed by atoms with Gasteiger partial charge in [-0.15, -0.1) is 0 Å². The number of carbonyl (C=O) groups excluding carboxylic acids is 1. The van der Waals surface area contributed by atoms with Crippen molar-refractivity contribution in [1.82, 2.24) is 0 Å². The molecule has 0 heterocycles. The standard InChI is InChI=1S/C12H14BrNO5/c1-3-8(11(14)15)19-10-7(13)4-6(12(16)17)5-9(10)18-2/h4-5,8H,3H2,1-2H3,(H2,14,15)(H,16,17). The average molecular weight is 332 g/mol. The number of methoxy groups -OCH3 is 1. The summed E-state index contributed by atoms with van der Waals surface area (Å²) in [7, 11) is 1.38. The number of halogens is 1. The van der Waals surface area contributed by atoms with Crippen LogP contribution in [0.15, 0.2) is 16.6 Å². The lowest BCUT2D eigenvalue weighted by atomic mass is 10.2. The zero-order valence-corrected chi connectivity index (χ0v) is 12.1. The Morgan fingerprint density at radius 3 is 2.53 bits per heavy atom. The number of ether oxygens (including phenoxy) is 2. The van der Waals surface area contributed by atoms with E-state index in [2.05, 4.69) is 15.9 Å². The van der Waals surface area contributed by atoms with Crippen molar-refractivity contribution in [1.29, 1.82) is 0 Å². The second kappa shape index (κ2) is 6.42. The molecule has 1 atom stereocenters. The molecule has 0 aliphatic carbocycles. The lowest BCUT2D eigenvalue weighted by molar-refractivity contribution is -0.124. The van der Waals surface area contributed by atoms with Gasteiger partial charge in [0.05, 0.1) is 17.1 Å². The fourth-order valence-electron chi connectivity index (χ4n) is 1.44. The van der Waals surface area contributed by atoms with Crippen molar-refractivity contribution in [3.8, 4) is 11.5 Å². The number of carbonyl (C=O) groups is 2. The van der Waals surface area contributed by atoms with Crippen LogP contribution < -0.4 is 15.2 Å². The van der Waals surface area contributed by atoms with Gasteiger partial charge in [-0.05, 0) is 34.5 Å². The number of rotatable bonds is 6. The van der Waals surface area contributed by atoms with E-state index in [4.69, 9.17) is 20.3 Å². The van der Waals surface area contributed by atoms with Gasteiger partial charge in [-0.3, -0.25) is 4.79 Å². The third kappa shape index (κ3) is 3.60. The van der Waals surface area contributed by atoms with Crippen molar-refractivity contribution in [3.05, 3.63) is 22.2 Å². The molecule has 104 valence electrons. The first-order valence-electron chi connectivity index (χ1n) is 5.47. The van der Waals surface area contributed by atoms with E-state index in [1.807, 2.05) is 0 Å². The summed E-state index contributed by atoms with van der Waals surface area (Å²) in [6.45, 7) is 1.75. The van der Waals surface area contributed by atoms with Gasteiger partial charge in [0.25, 0.3) is 5.91 Å². The summed E-state index contributed by atoms with van der Waals surface area (Å²) >= 11 is 3.19. The summed E-state index contributed by atoms with van der Waals surface area (Å²) in [5.41, 5.74) is 5.25. The highest BCUT2D eigenvalue weighted by molar-refractivity contribution is 9.10. The predicted octanol–water partition coefficient (Wildman–Crippen LogP) is 1.80. The summed E-state index contributed by atoms with van der Waals surface area (Å²) in [5, 5.41) is 8.95. The van der Waals surface area contributed by atoms with Gasteiger partial charge < -0.3 is 20.3 Å². The van der Waals surface area contributed by atoms with Crippen LogP contribution in [-0.2, 0) is 4.79 Å². The molecular weight excluding hydrogens is 318 g/mol. The van der Waals surface area contributed by atoms with E-state index in [-0.39, 0.29) is 17.1 Å². The van der Waals surface area contributed by atoms with Crippen LogP contribution in [-0.4, -0.2) is 30.2 Å². The number of hydrogen-bond acceptors (Lipinski definition) is 4. The molecule has 1 unspecified atom stereocenters. The normalized spacial score (nSPS) is 11.7. The molecule has 0 saturated carbocycles. The summed E-state index contributed by atoms with van der Waals surface area (Å²) in [6.07, 6.45) is -0.410. The molecule has 0 fully saturated rings. The van der Waals surface area contributed by atoms with E-state index in [1.54, 1.807) is 6.92 Å². The number of carboxylic acids is 1. The van der Waals surface area contributed by atoms with Crippen LogP contribution in [0.3, 0.4) is 0 Å². The number of hydrogen-bond donors (Lipinski definition) is 2. The Bertz CT molecular complexity index is 503. The Morgan fingerprint density at radius 2 is 2.11 bits per heavy atom. The lowest BCUT2D eigenvalue weighted by Gasteiger charge is -2.18. The van der Waals surface area contributed by atoms with Crippen molar-refractivity contribution in [2.24, 2.45) is 5.73 Å². The summed E-state index contributed by atoms with van der Waals surface area (Å²) in [5.74, 6) is -1.23. The Morgan fingerprint density at radius 1 is 1.47 bits per heavy atom. The molecule has 0 aromatic heterocycles. The maximum Gasteiger partial charge on any atom is 0.335 e. The molecule has 1 amide bonds. The number of aromatic carboxylic acids is 1. The van der Waals surface area contributed by atoms with Crippen LogP contribution in [0.1, 0.15) is 23.7 Å². The van der Waals surface area contributed by atoms with Gasteiger partial charge in [-0.1, -0.05) is 6.92 Å². The van der Waals surface area contributed by atoms with E-state index in [9.17, 15) is 9.59 Å². The molecule has 1 aromatic carbocycles. The third-order valence-corrected chi connectivity index (χ3v) is 3.01. The monoisotopic (exact) mass is 331 g/mol. The Kier molecular flexibility index (Phi) is 5.17. The van der Waals surface area contributed by atoms with Crippen molar-refractivity contribution >= 4 is 27.8 Å². The Labute approximate surface area is 118 Å². The van der Waals surface area contributed by atoms with Crippen LogP contribution in [0.25, 0.3) is 0 Å². The van der Waals surface area contributed by atoms with E-state index in [0.717, 1.165) is 0 Å². The minimum Gasteiger partial charge on any atom is -0.493 e. The topological polar surface area (TPSA) is 98.8 Å². The average Bonchev–Trinajstić information content (AvgIpc) is 2.35. The number of benzene rings is 1. The summed E-state index contributed by atoms with van der Waals surface area (Å²) < 4.78 is 10.9. The van der Waals surface area contributed by atoms with Gasteiger partial charge >= 0.3 is 5.97 Å². The summed E-state index contributed by atoms with van der Waals surface area (Å²) in [4.78, 5) is 22.1. The van der Waals surface area contributed by atoms with Crippen LogP contribution in [0, 0.1) is 0 Å². The molecule has 0 radical (unpaired) electrons. The van der Waals surface area contributed by atoms with Crippen molar-refractivity contribution in [2.45, 2.75) is 19.4 Å². The first-order chi connectivity index (χ1) is 8.90. The number of primary amides is 1. The second-order valence-electron chi connectivity index (χ2n) is 3.71. The SMILES string of the molecule is CCC(Oc1c(Br)cc(C(=O)O)cc1OC)C(N)=O. The van der Waals surface area contributed by atoms with Gasteiger partial charge in [0, 0.05) is 0 Å². The smallest absolute Gasteiger partial charge is 0.335 e. The molecule has 0 saturated heterocycles. The maximum absolute atomic E-state index is 11.2. The molecule has 0 aliphatic rings. The maximum atomic E-state index is 11.2. The van der Waals surface area contributed by atoms with Crippen LogP contribution >= 0.6 is 15.9 Å². The zero-order chi connectivity index (χ0) is 14.6. The predicted molar refractivity (Wildman–Crippen MR) is 71.6 cm³/mol. The molecular formula is C12H14BrNO5. The van der Waals surface area contributed by atoms with Gasteiger partial charge in [0.1, 0.15) is 0 Å². The van der Waals surface area contributed by atoms with Crippen molar-refractivity contribution in [3.63, 3.8) is 0 Å². The number of nitrogens with two attached hydrogens (primary N) is 1. The van der Waals surface area contributed by atoms with E-state index in [0.29, 0.717) is 10.9 Å². The lowest BCUT2D eigenvalue weighted by Crippen LogP contribution is -2.33. The molecule has 1 aromatic rings. The zero-order valence-electron chi connectivity index (χ0n) is 10.5. The highest BCUT2D eigenvalue weighted by Crippen LogP contribution is 2.37. The third-order valence-electron chi connectivity index (χ3n) is 2.42. The van der Waals surface area contributed by atoms with Gasteiger partial charge in [-0.25, -0.2) is 4.79 Å². The summed E-state index contributed by atoms with van der Waals surface area (Å²) in [6, 6.07) is 2.68. The van der Waals surface area contributed by atoms with Gasteiger partial charge in [0.2, 0.25) is 0 Å². The second-order valence-corrected chi connectivity index (χ2v) is 4.57. The fraction of sp³-hybridized carbons (Fsp3) is 0.333.